The van der Waals surface area contributed by atoms with Gasteiger partial charge < -0.3 is 25.4 Å². The lowest BCUT2D eigenvalue weighted by atomic mass is 9.76. The van der Waals surface area contributed by atoms with Gasteiger partial charge in [0, 0.05) is 37.5 Å². The Morgan fingerprint density at radius 3 is 2.57 bits per heavy atom. The highest BCUT2D eigenvalue weighted by atomic mass is 32.2. The second-order valence-electron chi connectivity index (χ2n) is 12.0. The lowest BCUT2D eigenvalue weighted by Crippen LogP contribution is -2.41. The molecule has 2 aliphatic rings. The molecular weight excluding hydrogens is 635 g/mol. The molecule has 10 nitrogen and oxygen atoms in total. The maximum absolute atomic E-state index is 14.8. The summed E-state index contributed by atoms with van der Waals surface area (Å²) in [5.41, 5.74) is 6.72. The molecule has 1 unspecified atom stereocenters. The van der Waals surface area contributed by atoms with Crippen LogP contribution >= 0.6 is 0 Å². The van der Waals surface area contributed by atoms with Gasteiger partial charge in [-0.1, -0.05) is 36.4 Å². The number of piperidine rings is 1. The van der Waals surface area contributed by atoms with Crippen molar-refractivity contribution < 1.29 is 35.9 Å². The lowest BCUT2D eigenvalue weighted by Gasteiger charge is -2.39. The van der Waals surface area contributed by atoms with Crippen LogP contribution in [-0.4, -0.2) is 69.1 Å². The van der Waals surface area contributed by atoms with Gasteiger partial charge in [0.15, 0.2) is 9.84 Å². The largest absolute Gasteiger partial charge is 0.465 e. The number of hydrogen-bond acceptors (Lipinski definition) is 10. The first kappa shape index (κ1) is 34.2. The highest BCUT2D eigenvalue weighted by Gasteiger charge is 2.46. The van der Waals surface area contributed by atoms with Gasteiger partial charge in [-0.05, 0) is 73.4 Å². The Kier molecular flexibility index (Phi) is 9.83. The monoisotopic (exact) mass is 673 g/mol. The third kappa shape index (κ3) is 7.87. The summed E-state index contributed by atoms with van der Waals surface area (Å²) in [6.07, 6.45) is -0.714. The van der Waals surface area contributed by atoms with E-state index < -0.39 is 22.1 Å². The van der Waals surface area contributed by atoms with Gasteiger partial charge in [0.05, 0.1) is 11.5 Å². The fraction of sp³-hybridized carbons (Fsp3) is 0.424. The molecule has 2 aromatic carbocycles. The number of rotatable bonds is 9. The molecule has 3 aromatic rings. The third-order valence-corrected chi connectivity index (χ3v) is 9.72. The van der Waals surface area contributed by atoms with E-state index >= 15 is 0 Å². The zero-order chi connectivity index (χ0) is 34.0. The number of hydrogen-bond donors (Lipinski definition) is 2. The van der Waals surface area contributed by atoms with Crippen molar-refractivity contribution in [2.24, 2.45) is 5.41 Å². The van der Waals surface area contributed by atoms with Crippen molar-refractivity contribution in [2.45, 2.75) is 56.3 Å². The number of carbonyl (C=O) groups is 1. The molecule has 252 valence electrons. The van der Waals surface area contributed by atoms with Crippen molar-refractivity contribution in [3.8, 4) is 17.0 Å². The van der Waals surface area contributed by atoms with E-state index in [4.69, 9.17) is 15.2 Å². The predicted molar refractivity (Wildman–Crippen MR) is 172 cm³/mol. The molecule has 1 spiro atoms. The maximum Gasteiger partial charge on any atom is 0.429 e. The van der Waals surface area contributed by atoms with Gasteiger partial charge >= 0.3 is 12.1 Å². The summed E-state index contributed by atoms with van der Waals surface area (Å²) in [6.45, 7) is 5.62. The minimum atomic E-state index is -4.88. The van der Waals surface area contributed by atoms with E-state index in [0.717, 1.165) is 19.1 Å². The molecule has 2 fully saturated rings. The van der Waals surface area contributed by atoms with Crippen LogP contribution < -0.4 is 20.7 Å². The smallest absolute Gasteiger partial charge is 0.429 e. The SMILES string of the molecule is C/C=C/c1ccc([C@@H](Oc2cc(N3CCC4(CC3)CNC(C(=O)OCC)C4)nc(N)n2)C(F)(F)F)c(-c2cccc(S(C)(=O)=O)c2)c1. The zero-order valence-corrected chi connectivity index (χ0v) is 27.2. The Bertz CT molecular complexity index is 1760. The summed E-state index contributed by atoms with van der Waals surface area (Å²) in [6, 6.07) is 11.2. The molecule has 3 N–H and O–H groups in total. The van der Waals surface area contributed by atoms with Gasteiger partial charge in [0.1, 0.15) is 11.9 Å². The number of anilines is 2. The van der Waals surface area contributed by atoms with Crippen molar-refractivity contribution in [3.05, 3.63) is 65.7 Å². The van der Waals surface area contributed by atoms with Crippen molar-refractivity contribution >= 4 is 33.6 Å². The molecule has 14 heteroatoms. The number of sulfone groups is 1. The number of benzene rings is 2. The molecule has 5 rings (SSSR count). The number of nitrogens with two attached hydrogens (primary N) is 1. The summed E-state index contributed by atoms with van der Waals surface area (Å²) in [4.78, 5) is 22.4. The van der Waals surface area contributed by atoms with Crippen LogP contribution in [-0.2, 0) is 19.4 Å². The van der Waals surface area contributed by atoms with E-state index in [0.29, 0.717) is 44.0 Å². The van der Waals surface area contributed by atoms with Crippen LogP contribution in [0.1, 0.15) is 50.3 Å². The highest BCUT2D eigenvalue weighted by molar-refractivity contribution is 7.90. The number of nitrogens with zero attached hydrogens (tertiary/aromatic N) is 3. The summed E-state index contributed by atoms with van der Waals surface area (Å²) in [5, 5.41) is 3.26. The number of ether oxygens (including phenoxy) is 2. The van der Waals surface area contributed by atoms with Gasteiger partial charge in [-0.15, -0.1) is 0 Å². The molecule has 0 aliphatic carbocycles. The number of halogens is 3. The average Bonchev–Trinajstić information content (AvgIpc) is 3.43. The quantitative estimate of drug-likeness (QED) is 0.286. The number of nitrogen functional groups attached to an aromatic ring is 1. The number of carbonyl (C=O) groups excluding carboxylic acids is 1. The van der Waals surface area contributed by atoms with Gasteiger partial charge in [-0.25, -0.2) is 8.42 Å². The maximum atomic E-state index is 14.8. The van der Waals surface area contributed by atoms with Gasteiger partial charge in [-0.2, -0.15) is 23.1 Å². The first-order valence-corrected chi connectivity index (χ1v) is 17.2. The number of esters is 1. The first-order chi connectivity index (χ1) is 22.2. The van der Waals surface area contributed by atoms with Crippen molar-refractivity contribution in [3.63, 3.8) is 0 Å². The van der Waals surface area contributed by atoms with Crippen LogP contribution in [0.3, 0.4) is 0 Å². The minimum absolute atomic E-state index is 0.0248. The Hall–Kier alpha value is -4.17. The Morgan fingerprint density at radius 2 is 1.91 bits per heavy atom. The molecule has 0 radical (unpaired) electrons. The standard InChI is InChI=1S/C33H38F3N5O5S/c1-4-7-21-10-11-24(25(16-21)22-8-6-9-23(17-22)47(3,43)44)29(33(34,35)36)46-28-18-27(39-31(37)40-28)41-14-12-32(13-15-41)19-26(38-20-32)30(42)45-5-2/h4,6-11,16-18,26,29,38H,5,12-15,19-20H2,1-3H3,(H2,37,39,40)/b7-4+/t26?,29-/m1/s1. The molecular formula is C33H38F3N5O5S. The zero-order valence-electron chi connectivity index (χ0n) is 26.4. The molecule has 0 amide bonds. The van der Waals surface area contributed by atoms with E-state index in [1.54, 1.807) is 38.1 Å². The summed E-state index contributed by atoms with van der Waals surface area (Å²) in [7, 11) is -3.63. The molecule has 47 heavy (non-hydrogen) atoms. The Morgan fingerprint density at radius 1 is 1.17 bits per heavy atom. The van der Waals surface area contributed by atoms with E-state index in [1.165, 1.54) is 36.4 Å². The average molecular weight is 674 g/mol. The van der Waals surface area contributed by atoms with Gasteiger partial charge in [0.25, 0.3) is 0 Å². The highest BCUT2D eigenvalue weighted by Crippen LogP contribution is 2.43. The molecule has 1 aromatic heterocycles. The van der Waals surface area contributed by atoms with Crippen LogP contribution in [0, 0.1) is 5.41 Å². The van der Waals surface area contributed by atoms with Crippen LogP contribution in [0.4, 0.5) is 24.9 Å². The summed E-state index contributed by atoms with van der Waals surface area (Å²) in [5.74, 6) is -0.527. The second-order valence-corrected chi connectivity index (χ2v) is 14.0. The molecule has 2 atom stereocenters. The van der Waals surface area contributed by atoms with E-state index in [9.17, 15) is 26.4 Å². The molecule has 2 aliphatic heterocycles. The van der Waals surface area contributed by atoms with Gasteiger partial charge in [-0.3, -0.25) is 4.79 Å². The van der Waals surface area contributed by atoms with Crippen molar-refractivity contribution in [1.82, 2.24) is 15.3 Å². The lowest BCUT2D eigenvalue weighted by molar-refractivity contribution is -0.198. The predicted octanol–water partition coefficient (Wildman–Crippen LogP) is 5.36. The van der Waals surface area contributed by atoms with Crippen molar-refractivity contribution in [2.75, 3.05) is 43.1 Å². The minimum Gasteiger partial charge on any atom is -0.465 e. The topological polar surface area (TPSA) is 137 Å². The molecule has 3 heterocycles. The Balaban J connectivity index is 1.43. The summed E-state index contributed by atoms with van der Waals surface area (Å²) < 4.78 is 79.7. The first-order valence-electron chi connectivity index (χ1n) is 15.3. The van der Waals surface area contributed by atoms with Crippen LogP contribution in [0.15, 0.2) is 59.5 Å². The number of alkyl halides is 3. The van der Waals surface area contributed by atoms with E-state index in [2.05, 4.69) is 15.3 Å². The number of nitrogens with one attached hydrogen (secondary N) is 1. The van der Waals surface area contributed by atoms with Crippen molar-refractivity contribution in [1.29, 1.82) is 0 Å². The number of aromatic nitrogens is 2. The second kappa shape index (κ2) is 13.5. The van der Waals surface area contributed by atoms with Gasteiger partial charge in [0.2, 0.25) is 17.9 Å². The summed E-state index contributed by atoms with van der Waals surface area (Å²) >= 11 is 0. The Labute approximate surface area is 272 Å². The fourth-order valence-corrected chi connectivity index (χ4v) is 6.91. The fourth-order valence-electron chi connectivity index (χ4n) is 6.24. The van der Waals surface area contributed by atoms with Crippen LogP contribution in [0.25, 0.3) is 17.2 Å². The van der Waals surface area contributed by atoms with Crippen LogP contribution in [0.2, 0.25) is 0 Å². The third-order valence-electron chi connectivity index (χ3n) is 8.61. The van der Waals surface area contributed by atoms with E-state index in [1.807, 2.05) is 4.90 Å². The molecule has 0 bridgehead atoms. The van der Waals surface area contributed by atoms with E-state index in [-0.39, 0.29) is 50.8 Å². The molecule has 0 saturated carbocycles. The number of allylic oxidation sites excluding steroid dienone is 1. The van der Waals surface area contributed by atoms with Crippen LogP contribution in [0.5, 0.6) is 5.88 Å². The molecule has 2 saturated heterocycles. The normalized spacial score (nSPS) is 18.9.